The van der Waals surface area contributed by atoms with Crippen molar-refractivity contribution in [1.29, 1.82) is 0 Å². The summed E-state index contributed by atoms with van der Waals surface area (Å²) in [4.78, 5) is 14.1. The first-order chi connectivity index (χ1) is 10.4. The van der Waals surface area contributed by atoms with Gasteiger partial charge < -0.3 is 10.4 Å². The maximum Gasteiger partial charge on any atom is 0.238 e. The summed E-state index contributed by atoms with van der Waals surface area (Å²) >= 11 is 0. The normalized spacial score (nSPS) is 17.5. The molecule has 0 bridgehead atoms. The predicted octanol–water partition coefficient (Wildman–Crippen LogP) is 2.87. The van der Waals surface area contributed by atoms with Gasteiger partial charge in [-0.1, -0.05) is 31.4 Å². The Bertz CT molecular complexity index is 522. The van der Waals surface area contributed by atoms with Gasteiger partial charge in [0.15, 0.2) is 0 Å². The second-order valence-corrected chi connectivity index (χ2v) is 6.75. The van der Waals surface area contributed by atoms with Gasteiger partial charge in [-0.3, -0.25) is 9.69 Å². The van der Waals surface area contributed by atoms with Crippen molar-refractivity contribution in [3.05, 3.63) is 29.3 Å². The smallest absolute Gasteiger partial charge is 0.238 e. The fourth-order valence-corrected chi connectivity index (χ4v) is 3.25. The van der Waals surface area contributed by atoms with Crippen LogP contribution in [-0.4, -0.2) is 41.7 Å². The predicted molar refractivity (Wildman–Crippen MR) is 90.1 cm³/mol. The molecule has 1 aromatic carbocycles. The lowest BCUT2D eigenvalue weighted by Gasteiger charge is -2.35. The Labute approximate surface area is 133 Å². The van der Waals surface area contributed by atoms with Crippen LogP contribution in [0.3, 0.4) is 0 Å². The van der Waals surface area contributed by atoms with Gasteiger partial charge in [0, 0.05) is 12.2 Å². The third kappa shape index (κ3) is 4.55. The topological polar surface area (TPSA) is 52.6 Å². The number of aryl methyl sites for hydroxylation is 1. The van der Waals surface area contributed by atoms with Crippen molar-refractivity contribution in [3.63, 3.8) is 0 Å². The minimum absolute atomic E-state index is 0.0318. The van der Waals surface area contributed by atoms with Gasteiger partial charge in [-0.25, -0.2) is 0 Å². The van der Waals surface area contributed by atoms with Crippen molar-refractivity contribution in [2.24, 2.45) is 0 Å². The van der Waals surface area contributed by atoms with Crippen molar-refractivity contribution in [1.82, 2.24) is 4.90 Å². The van der Waals surface area contributed by atoms with Crippen LogP contribution in [0.5, 0.6) is 0 Å². The van der Waals surface area contributed by atoms with Gasteiger partial charge in [0.05, 0.1) is 12.1 Å². The van der Waals surface area contributed by atoms with E-state index in [0.717, 1.165) is 36.9 Å². The molecule has 0 spiro atoms. The molecule has 0 aromatic heterocycles. The lowest BCUT2D eigenvalue weighted by Crippen LogP contribution is -2.45. The highest BCUT2D eigenvalue weighted by Gasteiger charge is 2.30. The summed E-state index contributed by atoms with van der Waals surface area (Å²) < 4.78 is 0. The first kappa shape index (κ1) is 17.0. The summed E-state index contributed by atoms with van der Waals surface area (Å²) in [6.07, 6.45) is 5.06. The molecule has 1 aliphatic carbocycles. The number of carbonyl (C=O) groups is 1. The monoisotopic (exact) mass is 304 g/mol. The Hall–Kier alpha value is -1.39. The molecule has 4 heteroatoms. The minimum atomic E-state index is -0.619. The van der Waals surface area contributed by atoms with Crippen LogP contribution in [0.1, 0.15) is 43.2 Å². The Kier molecular flexibility index (Phi) is 5.59. The molecule has 0 atom stereocenters. The molecule has 2 N–H and O–H groups in total. The number of nitrogens with one attached hydrogen (secondary N) is 1. The summed E-state index contributed by atoms with van der Waals surface area (Å²) in [5.41, 5.74) is 2.52. The molecule has 0 radical (unpaired) electrons. The zero-order valence-electron chi connectivity index (χ0n) is 14.0. The average molecular weight is 304 g/mol. The molecule has 0 aliphatic heterocycles. The van der Waals surface area contributed by atoms with Gasteiger partial charge in [0.25, 0.3) is 0 Å². The average Bonchev–Trinajstić information content (AvgIpc) is 2.43. The Morgan fingerprint density at radius 1 is 1.27 bits per heavy atom. The summed E-state index contributed by atoms with van der Waals surface area (Å²) in [5.74, 6) is -0.0318. The van der Waals surface area contributed by atoms with Crippen LogP contribution in [0.2, 0.25) is 0 Å². The lowest BCUT2D eigenvalue weighted by molar-refractivity contribution is -0.118. The maximum atomic E-state index is 12.2. The number of nitrogens with zero attached hydrogens (tertiary/aromatic N) is 1. The number of carbonyl (C=O) groups excluding carboxylic acids is 1. The van der Waals surface area contributed by atoms with Crippen molar-refractivity contribution in [2.45, 2.75) is 51.6 Å². The molecule has 0 saturated heterocycles. The highest BCUT2D eigenvalue weighted by molar-refractivity contribution is 5.93. The lowest BCUT2D eigenvalue weighted by atomic mass is 9.84. The van der Waals surface area contributed by atoms with E-state index in [1.165, 1.54) is 12.0 Å². The molecule has 0 heterocycles. The largest absolute Gasteiger partial charge is 0.389 e. The van der Waals surface area contributed by atoms with E-state index in [1.54, 1.807) is 0 Å². The number of likely N-dealkylation sites (N-methyl/N-ethyl adjacent to an activating group) is 1. The molecule has 1 fully saturated rings. The molecule has 4 nitrogen and oxygen atoms in total. The van der Waals surface area contributed by atoms with Crippen LogP contribution in [0, 0.1) is 13.8 Å². The quantitative estimate of drug-likeness (QED) is 0.879. The Morgan fingerprint density at radius 2 is 1.95 bits per heavy atom. The fraction of sp³-hybridized carbons (Fsp3) is 0.611. The summed E-state index contributed by atoms with van der Waals surface area (Å²) in [5, 5.41) is 13.5. The maximum absolute atomic E-state index is 12.2. The minimum Gasteiger partial charge on any atom is -0.389 e. The number of hydrogen-bond acceptors (Lipinski definition) is 3. The van der Waals surface area contributed by atoms with E-state index in [2.05, 4.69) is 5.32 Å². The zero-order chi connectivity index (χ0) is 16.2. The summed E-state index contributed by atoms with van der Waals surface area (Å²) in [6, 6.07) is 5.91. The van der Waals surface area contributed by atoms with Crippen LogP contribution in [0.4, 0.5) is 5.69 Å². The molecule has 2 rings (SSSR count). The first-order valence-electron chi connectivity index (χ1n) is 8.17. The molecule has 1 amide bonds. The first-order valence-corrected chi connectivity index (χ1v) is 8.17. The third-order valence-electron chi connectivity index (χ3n) is 4.64. The molecule has 122 valence electrons. The van der Waals surface area contributed by atoms with Crippen LogP contribution >= 0.6 is 0 Å². The fourth-order valence-electron chi connectivity index (χ4n) is 3.25. The highest BCUT2D eigenvalue weighted by Crippen LogP contribution is 2.28. The molecule has 0 unspecified atom stereocenters. The van der Waals surface area contributed by atoms with Crippen molar-refractivity contribution in [2.75, 3.05) is 25.5 Å². The number of amides is 1. The highest BCUT2D eigenvalue weighted by atomic mass is 16.3. The van der Waals surface area contributed by atoms with Crippen molar-refractivity contribution < 1.29 is 9.90 Å². The second kappa shape index (κ2) is 7.25. The van der Waals surface area contributed by atoms with E-state index in [4.69, 9.17) is 0 Å². The van der Waals surface area contributed by atoms with Gasteiger partial charge in [-0.05, 0) is 50.9 Å². The number of benzene rings is 1. The molecule has 1 saturated carbocycles. The van der Waals surface area contributed by atoms with Crippen LogP contribution in [0.15, 0.2) is 18.2 Å². The number of anilines is 1. The molecule has 1 aliphatic rings. The number of rotatable bonds is 5. The van der Waals surface area contributed by atoms with Gasteiger partial charge >= 0.3 is 0 Å². The van der Waals surface area contributed by atoms with Crippen molar-refractivity contribution in [3.8, 4) is 0 Å². The van der Waals surface area contributed by atoms with Gasteiger partial charge in [-0.15, -0.1) is 0 Å². The van der Waals surface area contributed by atoms with Crippen LogP contribution in [0.25, 0.3) is 0 Å². The molecular formula is C18H28N2O2. The third-order valence-corrected chi connectivity index (χ3v) is 4.64. The molecular weight excluding hydrogens is 276 g/mol. The van der Waals surface area contributed by atoms with E-state index >= 15 is 0 Å². The van der Waals surface area contributed by atoms with E-state index in [-0.39, 0.29) is 5.91 Å². The standard InChI is InChI=1S/C18H28N2O2/c1-14-8-7-9-16(15(14)2)19-17(21)12-20(3)13-18(22)10-5-4-6-11-18/h7-9,22H,4-6,10-13H2,1-3H3,(H,19,21). The molecule has 1 aromatic rings. The van der Waals surface area contributed by atoms with E-state index in [0.29, 0.717) is 13.1 Å². The van der Waals surface area contributed by atoms with E-state index in [1.807, 2.05) is 44.0 Å². The van der Waals surface area contributed by atoms with Crippen LogP contribution < -0.4 is 5.32 Å². The number of aliphatic hydroxyl groups is 1. The van der Waals surface area contributed by atoms with Gasteiger partial charge in [-0.2, -0.15) is 0 Å². The second-order valence-electron chi connectivity index (χ2n) is 6.75. The Balaban J connectivity index is 1.87. The number of hydrogen-bond donors (Lipinski definition) is 2. The SMILES string of the molecule is Cc1cccc(NC(=O)CN(C)CC2(O)CCCCC2)c1C. The van der Waals surface area contributed by atoms with Gasteiger partial charge in [0.1, 0.15) is 0 Å². The van der Waals surface area contributed by atoms with E-state index in [9.17, 15) is 9.90 Å². The Morgan fingerprint density at radius 3 is 2.64 bits per heavy atom. The zero-order valence-corrected chi connectivity index (χ0v) is 14.0. The summed E-state index contributed by atoms with van der Waals surface area (Å²) in [7, 11) is 1.90. The summed E-state index contributed by atoms with van der Waals surface area (Å²) in [6.45, 7) is 4.91. The van der Waals surface area contributed by atoms with Gasteiger partial charge in [0.2, 0.25) is 5.91 Å². The van der Waals surface area contributed by atoms with E-state index < -0.39 is 5.60 Å². The molecule has 22 heavy (non-hydrogen) atoms. The van der Waals surface area contributed by atoms with Crippen molar-refractivity contribution >= 4 is 11.6 Å². The van der Waals surface area contributed by atoms with Crippen LogP contribution in [-0.2, 0) is 4.79 Å².